The van der Waals surface area contributed by atoms with Crippen molar-refractivity contribution in [1.29, 1.82) is 0 Å². The van der Waals surface area contributed by atoms with Crippen LogP contribution in [0.1, 0.15) is 81.4 Å². The number of ether oxygens (including phenoxy) is 4. The first kappa shape index (κ1) is 44.7. The maximum Gasteiger partial charge on any atom is 0.407 e. The first-order valence-corrected chi connectivity index (χ1v) is 22.0. The van der Waals surface area contributed by atoms with E-state index in [2.05, 4.69) is 50.9 Å². The first-order chi connectivity index (χ1) is 31.4. The van der Waals surface area contributed by atoms with Gasteiger partial charge in [-0.05, 0) is 77.6 Å². The van der Waals surface area contributed by atoms with E-state index in [1.54, 1.807) is 30.3 Å². The molecule has 16 nitrogen and oxygen atoms in total. The topological polar surface area (TPSA) is 193 Å². The highest BCUT2D eigenvalue weighted by Gasteiger charge is 2.42. The van der Waals surface area contributed by atoms with Crippen molar-refractivity contribution >= 4 is 45.8 Å². The number of aromatic nitrogens is 4. The second-order valence-corrected chi connectivity index (χ2v) is 17.1. The molecule has 0 unspecified atom stereocenters. The van der Waals surface area contributed by atoms with E-state index in [1.165, 1.54) is 14.2 Å². The molecule has 4 amide bonds. The molecule has 1 fully saturated rings. The number of amides is 4. The summed E-state index contributed by atoms with van der Waals surface area (Å²) in [4.78, 5) is 73.2. The minimum atomic E-state index is -0.938. The molecule has 0 saturated carbocycles. The Morgan fingerprint density at radius 1 is 0.923 bits per heavy atom. The summed E-state index contributed by atoms with van der Waals surface area (Å²) in [5, 5.41) is 7.36. The van der Waals surface area contributed by atoms with Gasteiger partial charge in [-0.3, -0.25) is 9.59 Å². The van der Waals surface area contributed by atoms with Crippen LogP contribution in [0.4, 0.5) is 9.59 Å². The molecular formula is C49H56N8O8. The molecule has 2 aliphatic heterocycles. The van der Waals surface area contributed by atoms with Crippen molar-refractivity contribution in [3.8, 4) is 28.1 Å². The minimum Gasteiger partial charge on any atom is -0.488 e. The summed E-state index contributed by atoms with van der Waals surface area (Å²) in [6, 6.07) is 21.2. The molecule has 1 saturated heterocycles. The summed E-state index contributed by atoms with van der Waals surface area (Å²) in [6.07, 6.45) is 1.78. The molecule has 4 heterocycles. The fourth-order valence-electron chi connectivity index (χ4n) is 9.15. The maximum atomic E-state index is 14.1. The molecular weight excluding hydrogens is 829 g/mol. The molecule has 5 atom stereocenters. The standard InChI is InChI=1S/C49H56N8O8/c1-8-18-56(47(59)42(55-49(61)64-7)30-12-10-9-11-13-30)28(4)44-50-23-38(52-44)32-14-16-34-33(20-32)26-65-40-22-35-31(21-36(34)40)15-17-37-43(35)53-45(51-37)39-19-29(25-62-5)24-57(39)46(58)41(27(2)3)54-48(60)63-6/h9-17,20-23,27-29,39,41-42H,8,18-19,24-26H2,1-7H3,(H,50,52)(H,51,53)(H,54,60)(H,55,61)/t28-,29-,39-,41-,42+/m0/s1. The number of aromatic amines is 2. The van der Waals surface area contributed by atoms with Crippen LogP contribution in [0.2, 0.25) is 0 Å². The highest BCUT2D eigenvalue weighted by atomic mass is 16.5. The Morgan fingerprint density at radius 2 is 1.69 bits per heavy atom. The molecule has 0 spiro atoms. The van der Waals surface area contributed by atoms with Gasteiger partial charge in [-0.1, -0.05) is 69.3 Å². The van der Waals surface area contributed by atoms with Gasteiger partial charge >= 0.3 is 12.2 Å². The van der Waals surface area contributed by atoms with Crippen LogP contribution in [-0.2, 0) is 30.4 Å². The second kappa shape index (κ2) is 19.0. The number of fused-ring (bicyclic) bond motifs is 6. The number of hydrogen-bond donors (Lipinski definition) is 4. The lowest BCUT2D eigenvalue weighted by Gasteiger charge is -2.31. The lowest BCUT2D eigenvalue weighted by molar-refractivity contribution is -0.136. The molecule has 4 N–H and O–H groups in total. The average Bonchev–Trinajstić information content (AvgIpc) is 4.10. The quantitative estimate of drug-likeness (QED) is 0.0834. The lowest BCUT2D eigenvalue weighted by atomic mass is 9.92. The van der Waals surface area contributed by atoms with Crippen LogP contribution in [0.15, 0.2) is 79.0 Å². The van der Waals surface area contributed by atoms with Gasteiger partial charge in [0.15, 0.2) is 0 Å². The van der Waals surface area contributed by atoms with Crippen LogP contribution in [0.3, 0.4) is 0 Å². The van der Waals surface area contributed by atoms with E-state index in [0.717, 1.165) is 55.5 Å². The number of carbonyl (C=O) groups is 4. The molecule has 6 aromatic rings. The van der Waals surface area contributed by atoms with E-state index in [1.807, 2.05) is 62.9 Å². The average molecular weight is 885 g/mol. The molecule has 0 aliphatic carbocycles. The van der Waals surface area contributed by atoms with Gasteiger partial charge in [-0.25, -0.2) is 19.6 Å². The molecule has 2 aromatic heterocycles. The number of nitrogens with zero attached hydrogens (tertiary/aromatic N) is 4. The maximum absolute atomic E-state index is 14.1. The third-order valence-corrected chi connectivity index (χ3v) is 12.5. The number of likely N-dealkylation sites (tertiary alicyclic amines) is 1. The Kier molecular flexibility index (Phi) is 13.1. The summed E-state index contributed by atoms with van der Waals surface area (Å²) in [5.41, 5.74) is 7.02. The highest BCUT2D eigenvalue weighted by Crippen LogP contribution is 2.43. The van der Waals surface area contributed by atoms with E-state index in [9.17, 15) is 19.2 Å². The van der Waals surface area contributed by atoms with Crippen molar-refractivity contribution in [3.05, 3.63) is 102 Å². The van der Waals surface area contributed by atoms with Crippen molar-refractivity contribution in [3.63, 3.8) is 0 Å². The minimum absolute atomic E-state index is 0.0907. The number of imidazole rings is 2. The van der Waals surface area contributed by atoms with E-state index in [-0.39, 0.29) is 29.7 Å². The van der Waals surface area contributed by atoms with Gasteiger partial charge in [0.2, 0.25) is 5.91 Å². The number of alkyl carbamates (subject to hydrolysis) is 2. The van der Waals surface area contributed by atoms with E-state index >= 15 is 0 Å². The second-order valence-electron chi connectivity index (χ2n) is 17.1. The van der Waals surface area contributed by atoms with Gasteiger partial charge in [-0.2, -0.15) is 0 Å². The van der Waals surface area contributed by atoms with E-state index < -0.39 is 30.3 Å². The molecule has 0 radical (unpaired) electrons. The van der Waals surface area contributed by atoms with Gasteiger partial charge in [-0.15, -0.1) is 0 Å². The first-order valence-electron chi connectivity index (χ1n) is 22.0. The third kappa shape index (κ3) is 8.95. The molecule has 16 heteroatoms. The molecule has 65 heavy (non-hydrogen) atoms. The Balaban J connectivity index is 1.05. The van der Waals surface area contributed by atoms with Crippen LogP contribution in [0.5, 0.6) is 5.75 Å². The number of H-pyrrole nitrogens is 2. The van der Waals surface area contributed by atoms with Crippen molar-refractivity contribution in [2.75, 3.05) is 41.0 Å². The monoisotopic (exact) mass is 884 g/mol. The summed E-state index contributed by atoms with van der Waals surface area (Å²) in [7, 11) is 4.21. The molecule has 8 rings (SSSR count). The summed E-state index contributed by atoms with van der Waals surface area (Å²) < 4.78 is 21.7. The fraction of sp³-hybridized carbons (Fsp3) is 0.388. The number of hydrogen-bond acceptors (Lipinski definition) is 10. The van der Waals surface area contributed by atoms with E-state index in [4.69, 9.17) is 28.9 Å². The van der Waals surface area contributed by atoms with Crippen LogP contribution in [-0.4, -0.2) is 101 Å². The molecule has 340 valence electrons. The third-order valence-electron chi connectivity index (χ3n) is 12.5. The van der Waals surface area contributed by atoms with Crippen molar-refractivity contribution < 1.29 is 38.1 Å². The molecule has 2 aliphatic rings. The van der Waals surface area contributed by atoms with Gasteiger partial charge in [0, 0.05) is 37.1 Å². The predicted molar refractivity (Wildman–Crippen MR) is 245 cm³/mol. The van der Waals surface area contributed by atoms with Gasteiger partial charge in [0.25, 0.3) is 5.91 Å². The zero-order chi connectivity index (χ0) is 45.9. The van der Waals surface area contributed by atoms with E-state index in [0.29, 0.717) is 56.4 Å². The van der Waals surface area contributed by atoms with Crippen molar-refractivity contribution in [2.45, 2.75) is 71.3 Å². The fourth-order valence-corrected chi connectivity index (χ4v) is 9.15. The van der Waals surface area contributed by atoms with Crippen molar-refractivity contribution in [1.82, 2.24) is 40.4 Å². The Labute approximate surface area is 377 Å². The predicted octanol–water partition coefficient (Wildman–Crippen LogP) is 7.98. The SMILES string of the molecule is CCCN(C(=O)[C@H](NC(=O)OC)c1ccccc1)[C@@H](C)c1ncc(-c2ccc3c(c2)COc2cc4c(ccc5[nH]c([C@@H]6C[C@H](COC)CN6C(=O)[C@@H](NC(=O)OC)C(C)C)nc54)cc2-3)[nH]1. The zero-order valence-corrected chi connectivity index (χ0v) is 37.8. The Morgan fingerprint density at radius 3 is 2.42 bits per heavy atom. The van der Waals surface area contributed by atoms with Crippen LogP contribution >= 0.6 is 0 Å². The van der Waals surface area contributed by atoms with Crippen LogP contribution < -0.4 is 15.4 Å². The summed E-state index contributed by atoms with van der Waals surface area (Å²) >= 11 is 0. The number of nitrogens with one attached hydrogen (secondary N) is 4. The van der Waals surface area contributed by atoms with Crippen LogP contribution in [0.25, 0.3) is 44.2 Å². The zero-order valence-electron chi connectivity index (χ0n) is 37.8. The number of methoxy groups -OCH3 is 3. The Hall–Kier alpha value is -6.94. The van der Waals surface area contributed by atoms with Gasteiger partial charge in [0.1, 0.15) is 36.1 Å². The largest absolute Gasteiger partial charge is 0.488 e. The smallest absolute Gasteiger partial charge is 0.407 e. The molecule has 4 aromatic carbocycles. The highest BCUT2D eigenvalue weighted by molar-refractivity contribution is 6.07. The summed E-state index contributed by atoms with van der Waals surface area (Å²) in [6.45, 7) is 9.47. The molecule has 0 bridgehead atoms. The number of benzene rings is 4. The Bertz CT molecular complexity index is 2710. The van der Waals surface area contributed by atoms with Gasteiger partial charge in [0.05, 0.1) is 55.8 Å². The van der Waals surface area contributed by atoms with Crippen LogP contribution in [0, 0.1) is 11.8 Å². The summed E-state index contributed by atoms with van der Waals surface area (Å²) in [5.74, 6) is 1.49. The normalized spacial score (nSPS) is 16.9. The number of rotatable bonds is 14. The van der Waals surface area contributed by atoms with Gasteiger partial charge < -0.3 is 49.3 Å². The lowest BCUT2D eigenvalue weighted by Crippen LogP contribution is -2.51. The number of carbonyl (C=O) groups excluding carboxylic acids is 4. The van der Waals surface area contributed by atoms with Crippen molar-refractivity contribution in [2.24, 2.45) is 11.8 Å².